The number of nitrogens with zero attached hydrogens (tertiary/aromatic N) is 1. The van der Waals surface area contributed by atoms with Crippen LogP contribution in [0.1, 0.15) is 6.92 Å². The van der Waals surface area contributed by atoms with Crippen molar-refractivity contribution in [3.05, 3.63) is 33.1 Å². The maximum atomic E-state index is 11.7. The summed E-state index contributed by atoms with van der Waals surface area (Å²) in [7, 11) is 0. The van der Waals surface area contributed by atoms with Crippen molar-refractivity contribution in [1.29, 1.82) is 0 Å². The molecule has 9 heteroatoms. The van der Waals surface area contributed by atoms with Crippen molar-refractivity contribution in [3.8, 4) is 0 Å². The Balaban J connectivity index is 2.55. The number of H-pyrrole nitrogens is 1. The number of hydrogen-bond donors (Lipinski definition) is 5. The fourth-order valence-electron chi connectivity index (χ4n) is 2.14. The molecule has 1 aliphatic rings. The molecule has 1 saturated heterocycles. The zero-order chi connectivity index (χ0) is 14.4. The van der Waals surface area contributed by atoms with Crippen molar-refractivity contribution >= 4 is 0 Å². The smallest absolute Gasteiger partial charge is 0.330 e. The van der Waals surface area contributed by atoms with Gasteiger partial charge in [-0.05, 0) is 6.92 Å². The molecule has 2 rings (SSSR count). The summed E-state index contributed by atoms with van der Waals surface area (Å²) >= 11 is 0. The minimum Gasteiger partial charge on any atom is -0.393 e. The lowest BCUT2D eigenvalue weighted by Gasteiger charge is -2.30. The van der Waals surface area contributed by atoms with Gasteiger partial charge >= 0.3 is 5.69 Å². The van der Waals surface area contributed by atoms with E-state index in [4.69, 9.17) is 9.84 Å². The quantitative estimate of drug-likeness (QED) is 0.354. The molecule has 0 aliphatic carbocycles. The molecule has 1 fully saturated rings. The van der Waals surface area contributed by atoms with Crippen molar-refractivity contribution in [2.45, 2.75) is 30.6 Å². The lowest BCUT2D eigenvalue weighted by molar-refractivity contribution is -0.236. The minimum atomic E-state index is -2.72. The van der Waals surface area contributed by atoms with Crippen molar-refractivity contribution in [2.24, 2.45) is 0 Å². The Hall–Kier alpha value is -1.52. The van der Waals surface area contributed by atoms with Crippen LogP contribution in [0, 0.1) is 0 Å². The molecule has 1 aromatic heterocycles. The molecule has 0 aromatic carbocycles. The van der Waals surface area contributed by atoms with Gasteiger partial charge in [0.15, 0.2) is 11.8 Å². The van der Waals surface area contributed by atoms with Gasteiger partial charge in [0, 0.05) is 12.3 Å². The summed E-state index contributed by atoms with van der Waals surface area (Å²) < 4.78 is 5.99. The molecule has 0 radical (unpaired) electrons. The lowest BCUT2D eigenvalue weighted by Crippen LogP contribution is -2.54. The molecule has 1 aromatic rings. The Morgan fingerprint density at radius 3 is 2.58 bits per heavy atom. The van der Waals surface area contributed by atoms with Gasteiger partial charge < -0.3 is 25.2 Å². The predicted molar refractivity (Wildman–Crippen MR) is 60.1 cm³/mol. The number of nitrogens with one attached hydrogen (secondary N) is 1. The average molecular weight is 274 g/mol. The van der Waals surface area contributed by atoms with E-state index in [1.807, 2.05) is 4.98 Å². The van der Waals surface area contributed by atoms with Crippen LogP contribution in [0.4, 0.5) is 0 Å². The molecule has 1 aliphatic heterocycles. The topological polar surface area (TPSA) is 145 Å². The largest absolute Gasteiger partial charge is 0.393 e. The number of hydrogen-bond acceptors (Lipinski definition) is 7. The molecule has 0 bridgehead atoms. The molecule has 0 amide bonds. The highest BCUT2D eigenvalue weighted by Crippen LogP contribution is 2.39. The van der Waals surface area contributed by atoms with Crippen LogP contribution in [0.2, 0.25) is 0 Å². The third kappa shape index (κ3) is 1.91. The van der Waals surface area contributed by atoms with Gasteiger partial charge in [-0.2, -0.15) is 0 Å². The van der Waals surface area contributed by atoms with Gasteiger partial charge in [-0.15, -0.1) is 0 Å². The van der Waals surface area contributed by atoms with Crippen LogP contribution in [0.3, 0.4) is 0 Å². The van der Waals surface area contributed by atoms with Crippen LogP contribution in [-0.4, -0.2) is 54.6 Å². The lowest BCUT2D eigenvalue weighted by atomic mass is 10.0. The van der Waals surface area contributed by atoms with Crippen LogP contribution in [0.25, 0.3) is 0 Å². The minimum absolute atomic E-state index is 0.643. The normalized spacial score (nSPS) is 33.5. The summed E-state index contributed by atoms with van der Waals surface area (Å²) in [4.78, 5) is 24.6. The molecule has 0 spiro atoms. The summed E-state index contributed by atoms with van der Waals surface area (Å²) in [6.45, 7) is 0.464. The summed E-state index contributed by atoms with van der Waals surface area (Å²) in [5.41, 5.74) is -3.36. The number of aliphatic hydroxyl groups excluding tert-OH is 2. The molecule has 9 nitrogen and oxygen atoms in total. The second kappa shape index (κ2) is 4.25. The molecule has 19 heavy (non-hydrogen) atoms. The van der Waals surface area contributed by atoms with Gasteiger partial charge in [0.1, 0.15) is 6.10 Å². The van der Waals surface area contributed by atoms with E-state index in [9.17, 15) is 24.9 Å². The number of aromatic amines is 1. The van der Waals surface area contributed by atoms with E-state index in [-0.39, 0.29) is 0 Å². The predicted octanol–water partition coefficient (Wildman–Crippen LogP) is -3.36. The number of aliphatic hydroxyl groups is 4. The number of ether oxygens (including phenoxy) is 1. The molecular formula is C10H14N2O7. The van der Waals surface area contributed by atoms with Gasteiger partial charge in [-0.25, -0.2) is 4.79 Å². The first kappa shape index (κ1) is 13.9. The molecular weight excluding hydrogens is 260 g/mol. The first-order chi connectivity index (χ1) is 8.73. The number of aromatic nitrogens is 2. The highest BCUT2D eigenvalue weighted by Gasteiger charge is 2.61. The molecule has 0 saturated carbocycles. The highest BCUT2D eigenvalue weighted by atomic mass is 16.6. The third-order valence-electron chi connectivity index (χ3n) is 3.23. The highest BCUT2D eigenvalue weighted by molar-refractivity contribution is 5.03. The zero-order valence-corrected chi connectivity index (χ0v) is 9.98. The fourth-order valence-corrected chi connectivity index (χ4v) is 2.14. The Labute approximate surface area is 106 Å². The van der Waals surface area contributed by atoms with E-state index in [0.29, 0.717) is 0 Å². The third-order valence-corrected chi connectivity index (χ3v) is 3.23. The average Bonchev–Trinajstić information content (AvgIpc) is 2.50. The van der Waals surface area contributed by atoms with E-state index in [1.165, 1.54) is 6.92 Å². The van der Waals surface area contributed by atoms with Crippen LogP contribution in [0.15, 0.2) is 21.9 Å². The van der Waals surface area contributed by atoms with Gasteiger partial charge in [-0.1, -0.05) is 0 Å². The Bertz CT molecular complexity index is 592. The second-order valence-corrected chi connectivity index (χ2v) is 4.51. The van der Waals surface area contributed by atoms with Gasteiger partial charge in [0.25, 0.3) is 5.56 Å². The zero-order valence-electron chi connectivity index (χ0n) is 9.98. The number of rotatable bonds is 2. The van der Waals surface area contributed by atoms with Crippen molar-refractivity contribution in [2.75, 3.05) is 6.61 Å². The maximum Gasteiger partial charge on any atom is 0.330 e. The fraction of sp³-hybridized carbons (Fsp3) is 0.600. The first-order valence-electron chi connectivity index (χ1n) is 5.47. The van der Waals surface area contributed by atoms with E-state index < -0.39 is 41.6 Å². The van der Waals surface area contributed by atoms with Crippen LogP contribution < -0.4 is 11.2 Å². The summed E-state index contributed by atoms with van der Waals surface area (Å²) in [6, 6.07) is 1.02. The Morgan fingerprint density at radius 1 is 1.47 bits per heavy atom. The summed E-state index contributed by atoms with van der Waals surface area (Å²) in [5.74, 6) is -2.72. The Morgan fingerprint density at radius 2 is 2.11 bits per heavy atom. The molecule has 3 atom stereocenters. The van der Waals surface area contributed by atoms with Crippen LogP contribution >= 0.6 is 0 Å². The molecule has 106 valence electrons. The molecule has 0 unspecified atom stereocenters. The van der Waals surface area contributed by atoms with E-state index >= 15 is 0 Å². The molecule has 2 heterocycles. The van der Waals surface area contributed by atoms with Crippen molar-refractivity contribution in [3.63, 3.8) is 0 Å². The van der Waals surface area contributed by atoms with Crippen molar-refractivity contribution < 1.29 is 25.2 Å². The molecule has 5 N–H and O–H groups in total. The van der Waals surface area contributed by atoms with Crippen LogP contribution in [0.5, 0.6) is 0 Å². The van der Waals surface area contributed by atoms with Crippen molar-refractivity contribution in [1.82, 2.24) is 9.55 Å². The van der Waals surface area contributed by atoms with E-state index in [1.54, 1.807) is 0 Å². The maximum absolute atomic E-state index is 11.7. The monoisotopic (exact) mass is 274 g/mol. The van der Waals surface area contributed by atoms with Gasteiger partial charge in [0.05, 0.1) is 6.61 Å². The summed E-state index contributed by atoms with van der Waals surface area (Å²) in [6.07, 6.45) is -2.34. The second-order valence-electron chi connectivity index (χ2n) is 4.51. The van der Waals surface area contributed by atoms with E-state index in [2.05, 4.69) is 0 Å². The van der Waals surface area contributed by atoms with Crippen LogP contribution in [-0.2, 0) is 10.5 Å². The van der Waals surface area contributed by atoms with Gasteiger partial charge in [-0.3, -0.25) is 14.3 Å². The van der Waals surface area contributed by atoms with E-state index in [0.717, 1.165) is 16.8 Å². The first-order valence-corrected chi connectivity index (χ1v) is 5.47. The Kier molecular flexibility index (Phi) is 3.11. The van der Waals surface area contributed by atoms with Gasteiger partial charge in [0.2, 0.25) is 5.79 Å². The standard InChI is InChI=1S/C10H14N2O7/c1-9(12-3-2-6(14)11-8(12)16)7(15)10(17,18)5(4-13)19-9/h2-3,5,7,13,15,17-18H,4H2,1H3,(H,11,14,16)/t5-,7+,9-/m1/s1. The SMILES string of the molecule is C[C@@]1(n2ccc(=O)[nH]c2=O)O[C@H](CO)C(O)(O)[C@H]1O. The summed E-state index contributed by atoms with van der Waals surface area (Å²) in [5, 5.41) is 38.3.